The summed E-state index contributed by atoms with van der Waals surface area (Å²) in [5.41, 5.74) is 0. The highest BCUT2D eigenvalue weighted by Crippen LogP contribution is 1.90. The van der Waals surface area contributed by atoms with Crippen molar-refractivity contribution in [3.8, 4) is 0 Å². The van der Waals surface area contributed by atoms with Crippen molar-refractivity contribution in [2.45, 2.75) is 39.5 Å². The number of carbonyl (C=O) groups excluding carboxylic acids is 1. The number of aliphatic hydroxyl groups excluding tert-OH is 1. The van der Waals surface area contributed by atoms with Crippen molar-refractivity contribution < 1.29 is 19.4 Å². The Hall–Kier alpha value is -0.610. The van der Waals surface area contributed by atoms with Gasteiger partial charge in [0.1, 0.15) is 0 Å². The molecule has 0 bridgehead atoms. The highest BCUT2D eigenvalue weighted by molar-refractivity contribution is 5.65. The second-order valence-corrected chi connectivity index (χ2v) is 3.12. The molecule has 0 heterocycles. The third-order valence-corrected chi connectivity index (χ3v) is 1.56. The van der Waals surface area contributed by atoms with Gasteiger partial charge < -0.3 is 14.6 Å². The van der Waals surface area contributed by atoms with E-state index in [1.54, 1.807) is 7.11 Å². The summed E-state index contributed by atoms with van der Waals surface area (Å²) in [5.74, 6) is -0.211. The molecule has 0 saturated carbocycles. The van der Waals surface area contributed by atoms with E-state index in [9.17, 15) is 4.79 Å². The van der Waals surface area contributed by atoms with Gasteiger partial charge in [0.15, 0.2) is 0 Å². The molecule has 0 fully saturated rings. The van der Waals surface area contributed by atoms with Crippen molar-refractivity contribution in [2.75, 3.05) is 26.9 Å². The minimum Gasteiger partial charge on any atom is -0.466 e. The zero-order valence-corrected chi connectivity index (χ0v) is 10.1. The fourth-order valence-corrected chi connectivity index (χ4v) is 0.722. The molecule has 0 unspecified atom stereocenters. The third kappa shape index (κ3) is 24.7. The second kappa shape index (κ2) is 15.8. The lowest BCUT2D eigenvalue weighted by molar-refractivity contribution is -0.141. The smallest absolute Gasteiger partial charge is 0.302 e. The lowest BCUT2D eigenvalue weighted by atomic mass is 10.3. The number of hydrogen-bond donors (Lipinski definition) is 1. The number of esters is 1. The normalized spacial score (nSPS) is 9.07. The Balaban J connectivity index is 0. The van der Waals surface area contributed by atoms with E-state index in [2.05, 4.69) is 6.92 Å². The van der Waals surface area contributed by atoms with Gasteiger partial charge in [-0.25, -0.2) is 0 Å². The van der Waals surface area contributed by atoms with Crippen LogP contribution in [0.5, 0.6) is 0 Å². The number of hydrogen-bond acceptors (Lipinski definition) is 4. The lowest BCUT2D eigenvalue weighted by Gasteiger charge is -1.99. The van der Waals surface area contributed by atoms with Crippen LogP contribution in [0, 0.1) is 0 Å². The summed E-state index contributed by atoms with van der Waals surface area (Å²) >= 11 is 0. The Kier molecular flexibility index (Phi) is 17.8. The van der Waals surface area contributed by atoms with Gasteiger partial charge in [0.05, 0.1) is 6.61 Å². The van der Waals surface area contributed by atoms with E-state index < -0.39 is 0 Å². The minimum absolute atomic E-state index is 0.211. The van der Waals surface area contributed by atoms with Crippen LogP contribution in [0.4, 0.5) is 0 Å². The molecule has 4 nitrogen and oxygen atoms in total. The topological polar surface area (TPSA) is 55.8 Å². The average Bonchev–Trinajstić information content (AvgIpc) is 2.19. The van der Waals surface area contributed by atoms with Crippen LogP contribution < -0.4 is 0 Å². The van der Waals surface area contributed by atoms with Crippen LogP contribution in [0.3, 0.4) is 0 Å². The van der Waals surface area contributed by atoms with Crippen LogP contribution in [0.2, 0.25) is 0 Å². The SMILES string of the molecule is CCCCO.COCCCCOC(C)=O. The average molecular weight is 220 g/mol. The number of rotatable bonds is 7. The maximum atomic E-state index is 10.2. The van der Waals surface area contributed by atoms with Gasteiger partial charge in [0, 0.05) is 27.2 Å². The first kappa shape index (κ1) is 16.8. The molecular formula is C11H24O4. The van der Waals surface area contributed by atoms with E-state index in [1.807, 2.05) is 0 Å². The fourth-order valence-electron chi connectivity index (χ4n) is 0.722. The highest BCUT2D eigenvalue weighted by atomic mass is 16.5. The van der Waals surface area contributed by atoms with Gasteiger partial charge in [-0.1, -0.05) is 13.3 Å². The number of ether oxygens (including phenoxy) is 2. The van der Waals surface area contributed by atoms with E-state index in [0.717, 1.165) is 32.3 Å². The van der Waals surface area contributed by atoms with Crippen LogP contribution in [-0.4, -0.2) is 38.0 Å². The van der Waals surface area contributed by atoms with Crippen molar-refractivity contribution in [3.63, 3.8) is 0 Å². The van der Waals surface area contributed by atoms with E-state index in [1.165, 1.54) is 6.92 Å². The largest absolute Gasteiger partial charge is 0.466 e. The molecule has 0 radical (unpaired) electrons. The molecule has 0 atom stereocenters. The van der Waals surface area contributed by atoms with Crippen molar-refractivity contribution in [1.82, 2.24) is 0 Å². The second-order valence-electron chi connectivity index (χ2n) is 3.12. The molecule has 15 heavy (non-hydrogen) atoms. The molecular weight excluding hydrogens is 196 g/mol. The molecule has 0 saturated heterocycles. The molecule has 4 heteroatoms. The van der Waals surface area contributed by atoms with E-state index in [4.69, 9.17) is 14.6 Å². The number of aliphatic hydroxyl groups is 1. The maximum absolute atomic E-state index is 10.2. The summed E-state index contributed by atoms with van der Waals surface area (Å²) in [4.78, 5) is 10.2. The quantitative estimate of drug-likeness (QED) is 0.524. The predicted molar refractivity (Wildman–Crippen MR) is 59.7 cm³/mol. The van der Waals surface area contributed by atoms with Crippen molar-refractivity contribution in [3.05, 3.63) is 0 Å². The molecule has 0 rings (SSSR count). The van der Waals surface area contributed by atoms with Crippen LogP contribution in [0.1, 0.15) is 39.5 Å². The molecule has 1 N–H and O–H groups in total. The van der Waals surface area contributed by atoms with E-state index in [-0.39, 0.29) is 5.97 Å². The first-order chi connectivity index (χ1) is 7.18. The zero-order valence-electron chi connectivity index (χ0n) is 10.1. The van der Waals surface area contributed by atoms with Crippen LogP contribution in [-0.2, 0) is 14.3 Å². The van der Waals surface area contributed by atoms with Crippen molar-refractivity contribution >= 4 is 5.97 Å². The Morgan fingerprint density at radius 2 is 1.80 bits per heavy atom. The summed E-state index contributed by atoms with van der Waals surface area (Å²) < 4.78 is 9.50. The van der Waals surface area contributed by atoms with Gasteiger partial charge in [0.2, 0.25) is 0 Å². The molecule has 0 aliphatic heterocycles. The maximum Gasteiger partial charge on any atom is 0.302 e. The Bertz CT molecular complexity index is 124. The van der Waals surface area contributed by atoms with Crippen LogP contribution in [0.25, 0.3) is 0 Å². The third-order valence-electron chi connectivity index (χ3n) is 1.56. The predicted octanol–water partition coefficient (Wildman–Crippen LogP) is 1.75. The zero-order chi connectivity index (χ0) is 11.9. The van der Waals surface area contributed by atoms with Gasteiger partial charge in [-0.05, 0) is 19.3 Å². The first-order valence-corrected chi connectivity index (χ1v) is 5.42. The monoisotopic (exact) mass is 220 g/mol. The molecule has 0 spiro atoms. The molecule has 0 aliphatic rings. The Morgan fingerprint density at radius 3 is 2.13 bits per heavy atom. The standard InChI is InChI=1S/C7H14O3.C4H10O/c1-7(8)10-6-4-3-5-9-2;1-2-3-4-5/h3-6H2,1-2H3;5H,2-4H2,1H3. The van der Waals surface area contributed by atoms with Gasteiger partial charge in [0.25, 0.3) is 0 Å². The molecule has 0 aliphatic carbocycles. The molecule has 0 amide bonds. The highest BCUT2D eigenvalue weighted by Gasteiger charge is 1.91. The molecule has 0 aromatic rings. The Labute approximate surface area is 92.6 Å². The number of carbonyl (C=O) groups is 1. The van der Waals surface area contributed by atoms with Gasteiger partial charge >= 0.3 is 5.97 Å². The number of methoxy groups -OCH3 is 1. The minimum atomic E-state index is -0.211. The van der Waals surface area contributed by atoms with Crippen molar-refractivity contribution in [1.29, 1.82) is 0 Å². The van der Waals surface area contributed by atoms with E-state index >= 15 is 0 Å². The van der Waals surface area contributed by atoms with Crippen molar-refractivity contribution in [2.24, 2.45) is 0 Å². The fraction of sp³-hybridized carbons (Fsp3) is 0.909. The first-order valence-electron chi connectivity index (χ1n) is 5.42. The number of unbranched alkanes of at least 4 members (excludes halogenated alkanes) is 2. The van der Waals surface area contributed by atoms with E-state index in [0.29, 0.717) is 13.2 Å². The van der Waals surface area contributed by atoms with Crippen LogP contribution in [0.15, 0.2) is 0 Å². The Morgan fingerprint density at radius 1 is 1.20 bits per heavy atom. The summed E-state index contributed by atoms with van der Waals surface area (Å²) in [6, 6.07) is 0. The van der Waals surface area contributed by atoms with Gasteiger partial charge in [-0.3, -0.25) is 4.79 Å². The molecule has 0 aromatic heterocycles. The molecule has 0 aromatic carbocycles. The van der Waals surface area contributed by atoms with Gasteiger partial charge in [-0.15, -0.1) is 0 Å². The van der Waals surface area contributed by atoms with Crippen LogP contribution >= 0.6 is 0 Å². The summed E-state index contributed by atoms with van der Waals surface area (Å²) in [6.45, 7) is 5.06. The van der Waals surface area contributed by atoms with Gasteiger partial charge in [-0.2, -0.15) is 0 Å². The summed E-state index contributed by atoms with van der Waals surface area (Å²) in [6.07, 6.45) is 3.87. The molecule has 92 valence electrons. The summed E-state index contributed by atoms with van der Waals surface area (Å²) in [5, 5.41) is 8.07. The summed E-state index contributed by atoms with van der Waals surface area (Å²) in [7, 11) is 1.66. The lowest BCUT2D eigenvalue weighted by Crippen LogP contribution is -2.01.